The van der Waals surface area contributed by atoms with E-state index in [-0.39, 0.29) is 11.8 Å². The van der Waals surface area contributed by atoms with Crippen molar-refractivity contribution in [2.45, 2.75) is 44.6 Å². The van der Waals surface area contributed by atoms with Crippen LogP contribution in [0.4, 0.5) is 8.78 Å². The first kappa shape index (κ1) is 22.9. The summed E-state index contributed by atoms with van der Waals surface area (Å²) >= 11 is 5.98. The minimum Gasteiger partial charge on any atom is -0.352 e. The predicted molar refractivity (Wildman–Crippen MR) is 119 cm³/mol. The summed E-state index contributed by atoms with van der Waals surface area (Å²) in [5.74, 6) is -1.86. The van der Waals surface area contributed by atoms with E-state index in [0.717, 1.165) is 11.6 Å². The maximum atomic E-state index is 14.0. The quantitative estimate of drug-likeness (QED) is 0.500. The Morgan fingerprint density at radius 3 is 2.29 bits per heavy atom. The Morgan fingerprint density at radius 2 is 1.71 bits per heavy atom. The van der Waals surface area contributed by atoms with Gasteiger partial charge in [0.05, 0.1) is 11.1 Å². The van der Waals surface area contributed by atoms with E-state index in [0.29, 0.717) is 22.7 Å². The highest BCUT2D eigenvalue weighted by Gasteiger charge is 2.33. The number of amides is 1. The number of halogens is 3. The van der Waals surface area contributed by atoms with Crippen LogP contribution in [0.15, 0.2) is 66.9 Å². The highest BCUT2D eigenvalue weighted by atomic mass is 35.5. The van der Waals surface area contributed by atoms with E-state index in [2.05, 4.69) is 10.3 Å². The molecule has 3 aromatic rings. The zero-order valence-electron chi connectivity index (χ0n) is 17.7. The van der Waals surface area contributed by atoms with Crippen molar-refractivity contribution < 1.29 is 13.6 Å². The van der Waals surface area contributed by atoms with Crippen molar-refractivity contribution in [2.24, 2.45) is 0 Å². The van der Waals surface area contributed by atoms with E-state index in [4.69, 9.17) is 11.6 Å². The molecule has 0 aliphatic heterocycles. The van der Waals surface area contributed by atoms with Crippen LogP contribution >= 0.6 is 11.6 Å². The summed E-state index contributed by atoms with van der Waals surface area (Å²) in [5, 5.41) is 3.64. The summed E-state index contributed by atoms with van der Waals surface area (Å²) in [6.07, 6.45) is 2.12. The maximum Gasteiger partial charge on any atom is 0.231 e. The molecule has 2 unspecified atom stereocenters. The first-order valence-electron chi connectivity index (χ1n) is 10.1. The number of rotatable bonds is 7. The van der Waals surface area contributed by atoms with Crippen LogP contribution in [-0.4, -0.2) is 16.9 Å². The van der Waals surface area contributed by atoms with Crippen molar-refractivity contribution >= 4 is 17.5 Å². The Kier molecular flexibility index (Phi) is 7.06. The number of hydrogen-bond donors (Lipinski definition) is 1. The van der Waals surface area contributed by atoms with Crippen molar-refractivity contribution in [3.63, 3.8) is 0 Å². The van der Waals surface area contributed by atoms with Gasteiger partial charge in [0.2, 0.25) is 5.91 Å². The lowest BCUT2D eigenvalue weighted by atomic mass is 9.84. The zero-order valence-corrected chi connectivity index (χ0v) is 18.5. The molecule has 3 nitrogen and oxygen atoms in total. The minimum atomic E-state index is -0.868. The van der Waals surface area contributed by atoms with Crippen molar-refractivity contribution in [1.82, 2.24) is 10.3 Å². The molecule has 1 heterocycles. The standard InChI is InChI=1S/C25H25ClF2N2O/c1-16(30-24(31)25(2,3)23-6-4-5-11-29-23)22(12-17-7-9-19(26)10-8-17)18-13-20(27)15-21(28)14-18/h4-11,13-16,22H,12H2,1-3H3,(H,30,31). The van der Waals surface area contributed by atoms with Gasteiger partial charge in [-0.3, -0.25) is 9.78 Å². The van der Waals surface area contributed by atoms with Crippen LogP contribution in [0.5, 0.6) is 0 Å². The Bertz CT molecular complexity index is 1020. The molecule has 0 fully saturated rings. The number of carbonyl (C=O) groups excluding carboxylic acids is 1. The third kappa shape index (κ3) is 5.67. The summed E-state index contributed by atoms with van der Waals surface area (Å²) in [7, 11) is 0. The molecule has 2 atom stereocenters. The minimum absolute atomic E-state index is 0.211. The van der Waals surface area contributed by atoms with Crippen molar-refractivity contribution in [1.29, 1.82) is 0 Å². The molecule has 0 saturated heterocycles. The maximum absolute atomic E-state index is 14.0. The van der Waals surface area contributed by atoms with Gasteiger partial charge in [-0.05, 0) is 74.7 Å². The highest BCUT2D eigenvalue weighted by Crippen LogP contribution is 2.28. The number of pyridine rings is 1. The first-order valence-corrected chi connectivity index (χ1v) is 10.5. The lowest BCUT2D eigenvalue weighted by Gasteiger charge is -2.30. The Hall–Kier alpha value is -2.79. The van der Waals surface area contributed by atoms with Crippen LogP contribution < -0.4 is 5.32 Å². The van der Waals surface area contributed by atoms with Crippen LogP contribution in [0, 0.1) is 11.6 Å². The van der Waals surface area contributed by atoms with Crippen LogP contribution in [0.1, 0.15) is 43.5 Å². The van der Waals surface area contributed by atoms with Gasteiger partial charge in [-0.1, -0.05) is 29.8 Å². The lowest BCUT2D eigenvalue weighted by molar-refractivity contribution is -0.126. The van der Waals surface area contributed by atoms with Gasteiger partial charge in [-0.15, -0.1) is 0 Å². The molecule has 162 valence electrons. The smallest absolute Gasteiger partial charge is 0.231 e. The van der Waals surface area contributed by atoms with Gasteiger partial charge < -0.3 is 5.32 Å². The van der Waals surface area contributed by atoms with E-state index >= 15 is 0 Å². The Balaban J connectivity index is 1.88. The van der Waals surface area contributed by atoms with E-state index in [1.807, 2.05) is 25.1 Å². The van der Waals surface area contributed by atoms with Crippen LogP contribution in [0.3, 0.4) is 0 Å². The summed E-state index contributed by atoms with van der Waals surface area (Å²) in [4.78, 5) is 17.4. The predicted octanol–water partition coefficient (Wildman–Crippen LogP) is 5.82. The van der Waals surface area contributed by atoms with E-state index in [1.165, 1.54) is 12.1 Å². The van der Waals surface area contributed by atoms with Crippen LogP contribution in [0.25, 0.3) is 0 Å². The second-order valence-electron chi connectivity index (χ2n) is 8.24. The van der Waals surface area contributed by atoms with Gasteiger partial charge >= 0.3 is 0 Å². The molecule has 0 aliphatic carbocycles. The molecule has 0 aliphatic rings. The third-order valence-corrected chi connectivity index (χ3v) is 5.77. The molecule has 0 saturated carbocycles. The van der Waals surface area contributed by atoms with Crippen molar-refractivity contribution in [3.05, 3.63) is 100 Å². The molecule has 1 aromatic heterocycles. The third-order valence-electron chi connectivity index (χ3n) is 5.52. The fraction of sp³-hybridized carbons (Fsp3) is 0.280. The normalized spacial score (nSPS) is 13.5. The van der Waals surface area contributed by atoms with Crippen molar-refractivity contribution in [3.8, 4) is 0 Å². The number of benzene rings is 2. The number of nitrogens with zero attached hydrogens (tertiary/aromatic N) is 1. The summed E-state index contributed by atoms with van der Waals surface area (Å²) in [6.45, 7) is 5.44. The van der Waals surface area contributed by atoms with Gasteiger partial charge in [0.1, 0.15) is 11.6 Å². The lowest BCUT2D eigenvalue weighted by Crippen LogP contribution is -2.46. The van der Waals surface area contributed by atoms with E-state index < -0.39 is 23.1 Å². The molecule has 1 amide bonds. The van der Waals surface area contributed by atoms with Gasteiger partial charge in [-0.25, -0.2) is 8.78 Å². The zero-order chi connectivity index (χ0) is 22.6. The molecule has 3 rings (SSSR count). The van der Waals surface area contributed by atoms with Crippen molar-refractivity contribution in [2.75, 3.05) is 0 Å². The van der Waals surface area contributed by atoms with Gasteiger partial charge in [0.15, 0.2) is 0 Å². The van der Waals surface area contributed by atoms with E-state index in [1.54, 1.807) is 44.3 Å². The SMILES string of the molecule is CC(NC(=O)C(C)(C)c1ccccn1)C(Cc1ccc(Cl)cc1)c1cc(F)cc(F)c1. The molecule has 1 N–H and O–H groups in total. The van der Waals surface area contributed by atoms with Crippen LogP contribution in [0.2, 0.25) is 5.02 Å². The molecular weight excluding hydrogens is 418 g/mol. The van der Waals surface area contributed by atoms with E-state index in [9.17, 15) is 13.6 Å². The fourth-order valence-electron chi connectivity index (χ4n) is 3.58. The highest BCUT2D eigenvalue weighted by molar-refractivity contribution is 6.30. The number of aromatic nitrogens is 1. The topological polar surface area (TPSA) is 42.0 Å². The monoisotopic (exact) mass is 442 g/mol. The summed E-state index contributed by atoms with van der Waals surface area (Å²) < 4.78 is 27.9. The van der Waals surface area contributed by atoms with Crippen LogP contribution in [-0.2, 0) is 16.6 Å². The van der Waals surface area contributed by atoms with Gasteiger partial charge in [-0.2, -0.15) is 0 Å². The Morgan fingerprint density at radius 1 is 1.06 bits per heavy atom. The number of nitrogens with one attached hydrogen (secondary N) is 1. The second-order valence-corrected chi connectivity index (χ2v) is 8.68. The number of hydrogen-bond acceptors (Lipinski definition) is 2. The largest absolute Gasteiger partial charge is 0.352 e. The molecular formula is C25H25ClF2N2O. The second kappa shape index (κ2) is 9.56. The molecule has 0 bridgehead atoms. The molecule has 0 radical (unpaired) electrons. The fourth-order valence-corrected chi connectivity index (χ4v) is 3.71. The molecule has 6 heteroatoms. The van der Waals surface area contributed by atoms with Gasteiger partial charge in [0.25, 0.3) is 0 Å². The molecule has 31 heavy (non-hydrogen) atoms. The number of carbonyl (C=O) groups is 1. The average molecular weight is 443 g/mol. The average Bonchev–Trinajstić information content (AvgIpc) is 2.73. The molecule has 2 aromatic carbocycles. The summed E-state index contributed by atoms with van der Waals surface area (Å²) in [5.41, 5.74) is 1.21. The molecule has 0 spiro atoms. The van der Waals surface area contributed by atoms with Gasteiger partial charge in [0, 0.05) is 29.2 Å². The Labute approximate surface area is 186 Å². The first-order chi connectivity index (χ1) is 14.7. The summed E-state index contributed by atoms with van der Waals surface area (Å²) in [6, 6.07) is 15.8.